The lowest BCUT2D eigenvalue weighted by atomic mass is 9.88. The minimum Gasteiger partial charge on any atom is -0.346 e. The molecule has 0 saturated carbocycles. The van der Waals surface area contributed by atoms with Gasteiger partial charge in [-0.15, -0.1) is 0 Å². The van der Waals surface area contributed by atoms with E-state index in [9.17, 15) is 0 Å². The summed E-state index contributed by atoms with van der Waals surface area (Å²) in [7, 11) is 3.42. The SMILES string of the molecule is COC(OC)(c1ccc2ccccc2c1)c1c(C)ccc2ccccc12. The van der Waals surface area contributed by atoms with Crippen LogP contribution in [0.2, 0.25) is 0 Å². The molecule has 130 valence electrons. The van der Waals surface area contributed by atoms with Gasteiger partial charge in [0.15, 0.2) is 0 Å². The maximum Gasteiger partial charge on any atom is 0.222 e. The third-order valence-electron chi connectivity index (χ3n) is 5.17. The summed E-state index contributed by atoms with van der Waals surface area (Å²) in [5, 5.41) is 4.69. The molecular formula is C24H22O2. The van der Waals surface area contributed by atoms with Crippen molar-refractivity contribution in [2.45, 2.75) is 12.7 Å². The summed E-state index contributed by atoms with van der Waals surface area (Å²) in [6, 6.07) is 27.3. The van der Waals surface area contributed by atoms with Crippen molar-refractivity contribution in [1.29, 1.82) is 0 Å². The molecule has 0 aliphatic rings. The molecule has 0 fully saturated rings. The van der Waals surface area contributed by atoms with Crippen LogP contribution in [0, 0.1) is 6.92 Å². The Hall–Kier alpha value is -2.68. The molecule has 0 radical (unpaired) electrons. The summed E-state index contributed by atoms with van der Waals surface area (Å²) >= 11 is 0. The van der Waals surface area contributed by atoms with Gasteiger partial charge in [-0.2, -0.15) is 0 Å². The van der Waals surface area contributed by atoms with Crippen molar-refractivity contribution in [3.63, 3.8) is 0 Å². The minimum atomic E-state index is -0.963. The van der Waals surface area contributed by atoms with Crippen molar-refractivity contribution in [3.05, 3.63) is 95.6 Å². The number of methoxy groups -OCH3 is 2. The predicted molar refractivity (Wildman–Crippen MR) is 107 cm³/mol. The standard InChI is InChI=1S/C24H22O2/c1-17-12-13-19-9-6-7-11-22(19)23(17)24(25-2,26-3)21-15-14-18-8-4-5-10-20(18)16-21/h4-16H,1-3H3. The Bertz CT molecular complexity index is 1080. The first kappa shape index (κ1) is 16.8. The molecular weight excluding hydrogens is 320 g/mol. The van der Waals surface area contributed by atoms with Gasteiger partial charge in [-0.1, -0.05) is 72.8 Å². The quantitative estimate of drug-likeness (QED) is 0.437. The Morgan fingerprint density at radius 2 is 1.27 bits per heavy atom. The molecule has 4 aromatic rings. The van der Waals surface area contributed by atoms with Crippen LogP contribution in [0.15, 0.2) is 78.9 Å². The molecule has 0 N–H and O–H groups in total. The van der Waals surface area contributed by atoms with Crippen LogP contribution in [-0.4, -0.2) is 14.2 Å². The largest absolute Gasteiger partial charge is 0.346 e. The van der Waals surface area contributed by atoms with Crippen molar-refractivity contribution in [3.8, 4) is 0 Å². The van der Waals surface area contributed by atoms with Crippen molar-refractivity contribution < 1.29 is 9.47 Å². The number of rotatable bonds is 4. The molecule has 0 aliphatic heterocycles. The lowest BCUT2D eigenvalue weighted by molar-refractivity contribution is -0.183. The number of hydrogen-bond acceptors (Lipinski definition) is 2. The van der Waals surface area contributed by atoms with E-state index in [1.807, 2.05) is 0 Å². The molecule has 0 spiro atoms. The van der Waals surface area contributed by atoms with Crippen molar-refractivity contribution in [2.75, 3.05) is 14.2 Å². The maximum absolute atomic E-state index is 6.07. The molecule has 0 heterocycles. The zero-order valence-electron chi connectivity index (χ0n) is 15.3. The van der Waals surface area contributed by atoms with Gasteiger partial charge < -0.3 is 9.47 Å². The Balaban J connectivity index is 2.05. The number of fused-ring (bicyclic) bond motifs is 2. The van der Waals surface area contributed by atoms with Crippen LogP contribution in [0.25, 0.3) is 21.5 Å². The Kier molecular flexibility index (Phi) is 4.23. The highest BCUT2D eigenvalue weighted by molar-refractivity contribution is 5.89. The average molecular weight is 342 g/mol. The monoisotopic (exact) mass is 342 g/mol. The van der Waals surface area contributed by atoms with Crippen LogP contribution in [0.3, 0.4) is 0 Å². The summed E-state index contributed by atoms with van der Waals surface area (Å²) < 4.78 is 12.1. The summed E-state index contributed by atoms with van der Waals surface area (Å²) in [6.45, 7) is 2.11. The molecule has 0 aromatic heterocycles. The predicted octanol–water partition coefficient (Wildman–Crippen LogP) is 5.80. The van der Waals surface area contributed by atoms with Crippen LogP contribution in [-0.2, 0) is 15.3 Å². The van der Waals surface area contributed by atoms with Gasteiger partial charge in [0, 0.05) is 25.3 Å². The average Bonchev–Trinajstić information content (AvgIpc) is 2.70. The van der Waals surface area contributed by atoms with E-state index in [1.54, 1.807) is 14.2 Å². The molecule has 2 nitrogen and oxygen atoms in total. The molecule has 0 bridgehead atoms. The van der Waals surface area contributed by atoms with Gasteiger partial charge in [0.1, 0.15) is 0 Å². The lowest BCUT2D eigenvalue weighted by Crippen LogP contribution is -2.33. The van der Waals surface area contributed by atoms with E-state index in [4.69, 9.17) is 9.47 Å². The molecule has 2 heteroatoms. The van der Waals surface area contributed by atoms with Crippen LogP contribution in [0.1, 0.15) is 16.7 Å². The second kappa shape index (κ2) is 6.56. The van der Waals surface area contributed by atoms with Gasteiger partial charge in [0.2, 0.25) is 5.79 Å². The van der Waals surface area contributed by atoms with Gasteiger partial charge in [-0.05, 0) is 40.1 Å². The first-order valence-electron chi connectivity index (χ1n) is 8.78. The van der Waals surface area contributed by atoms with Crippen molar-refractivity contribution in [1.82, 2.24) is 0 Å². The van der Waals surface area contributed by atoms with Crippen LogP contribution in [0.5, 0.6) is 0 Å². The zero-order valence-corrected chi connectivity index (χ0v) is 15.3. The number of hydrogen-bond donors (Lipinski definition) is 0. The van der Waals surface area contributed by atoms with Crippen LogP contribution in [0.4, 0.5) is 0 Å². The highest BCUT2D eigenvalue weighted by Crippen LogP contribution is 2.40. The van der Waals surface area contributed by atoms with E-state index in [-0.39, 0.29) is 0 Å². The topological polar surface area (TPSA) is 18.5 Å². The first-order valence-corrected chi connectivity index (χ1v) is 8.78. The molecule has 0 amide bonds. The second-order valence-corrected chi connectivity index (χ2v) is 6.57. The van der Waals surface area contributed by atoms with Gasteiger partial charge in [0.05, 0.1) is 0 Å². The minimum absolute atomic E-state index is 0.963. The molecule has 0 saturated heterocycles. The van der Waals surface area contributed by atoms with Crippen molar-refractivity contribution >= 4 is 21.5 Å². The molecule has 4 rings (SSSR count). The van der Waals surface area contributed by atoms with Crippen LogP contribution < -0.4 is 0 Å². The van der Waals surface area contributed by atoms with E-state index in [0.29, 0.717) is 0 Å². The molecule has 0 aliphatic carbocycles. The lowest BCUT2D eigenvalue weighted by Gasteiger charge is -2.34. The third-order valence-corrected chi connectivity index (χ3v) is 5.17. The van der Waals surface area contributed by atoms with E-state index >= 15 is 0 Å². The van der Waals surface area contributed by atoms with Crippen molar-refractivity contribution in [2.24, 2.45) is 0 Å². The van der Waals surface area contributed by atoms with E-state index in [2.05, 4.69) is 85.8 Å². The Labute approximate surface area is 154 Å². The second-order valence-electron chi connectivity index (χ2n) is 6.57. The fourth-order valence-electron chi connectivity index (χ4n) is 3.88. The molecule has 4 aromatic carbocycles. The van der Waals surface area contributed by atoms with E-state index in [1.165, 1.54) is 16.2 Å². The van der Waals surface area contributed by atoms with E-state index in [0.717, 1.165) is 22.1 Å². The highest BCUT2D eigenvalue weighted by atomic mass is 16.7. The fraction of sp³-hybridized carbons (Fsp3) is 0.167. The number of benzene rings is 4. The number of ether oxygens (including phenoxy) is 2. The highest BCUT2D eigenvalue weighted by Gasteiger charge is 2.37. The maximum atomic E-state index is 6.07. The van der Waals surface area contributed by atoms with Gasteiger partial charge in [0.25, 0.3) is 0 Å². The normalized spacial score (nSPS) is 12.0. The Morgan fingerprint density at radius 3 is 2.00 bits per heavy atom. The van der Waals surface area contributed by atoms with Gasteiger partial charge >= 0.3 is 0 Å². The fourth-order valence-corrected chi connectivity index (χ4v) is 3.88. The summed E-state index contributed by atoms with van der Waals surface area (Å²) in [6.07, 6.45) is 0. The summed E-state index contributed by atoms with van der Waals surface area (Å²) in [4.78, 5) is 0. The summed E-state index contributed by atoms with van der Waals surface area (Å²) in [5.74, 6) is -0.963. The smallest absolute Gasteiger partial charge is 0.222 e. The first-order chi connectivity index (χ1) is 12.7. The van der Waals surface area contributed by atoms with Gasteiger partial charge in [-0.25, -0.2) is 0 Å². The van der Waals surface area contributed by atoms with Crippen LogP contribution >= 0.6 is 0 Å². The summed E-state index contributed by atoms with van der Waals surface area (Å²) in [5.41, 5.74) is 3.18. The molecule has 0 unspecified atom stereocenters. The third kappa shape index (κ3) is 2.50. The van der Waals surface area contributed by atoms with Gasteiger partial charge in [-0.3, -0.25) is 0 Å². The number of aryl methyl sites for hydroxylation is 1. The Morgan fingerprint density at radius 1 is 0.654 bits per heavy atom. The van der Waals surface area contributed by atoms with E-state index < -0.39 is 5.79 Å². The zero-order chi connectivity index (χ0) is 18.1. The molecule has 0 atom stereocenters. The molecule has 26 heavy (non-hydrogen) atoms.